The number of rotatable bonds is 3. The number of nitrogens with one attached hydrogen (secondary N) is 1. The Balaban J connectivity index is 2.03. The van der Waals surface area contributed by atoms with Crippen molar-refractivity contribution in [1.82, 2.24) is 20.1 Å². The van der Waals surface area contributed by atoms with Crippen LogP contribution in [0.4, 0.5) is 0 Å². The molecule has 1 saturated heterocycles. The number of likely N-dealkylation sites (N-methyl/N-ethyl adjacent to an activating group) is 1. The molecule has 2 heterocycles. The van der Waals surface area contributed by atoms with Crippen molar-refractivity contribution in [3.8, 4) is 0 Å². The zero-order chi connectivity index (χ0) is 15.2. The van der Waals surface area contributed by atoms with Crippen LogP contribution in [0.25, 0.3) is 0 Å². The molecule has 1 N–H and O–H groups in total. The van der Waals surface area contributed by atoms with Crippen molar-refractivity contribution in [2.24, 2.45) is 5.92 Å². The normalized spacial score (nSPS) is 19.9. The summed E-state index contributed by atoms with van der Waals surface area (Å²) in [7, 11) is 3.61. The Morgan fingerprint density at radius 1 is 1.38 bits per heavy atom. The van der Waals surface area contributed by atoms with Gasteiger partial charge in [-0.3, -0.25) is 14.6 Å². The molecule has 1 aromatic rings. The van der Waals surface area contributed by atoms with Crippen LogP contribution in [-0.4, -0.2) is 66.9 Å². The number of hydrogen-bond acceptors (Lipinski definition) is 4. The second-order valence-corrected chi connectivity index (χ2v) is 5.45. The van der Waals surface area contributed by atoms with Gasteiger partial charge < -0.3 is 15.1 Å². The SMILES string of the molecule is CNC(=O)C1CN(C)CCN(C(=O)Cc2cccnc2)C1. The zero-order valence-corrected chi connectivity index (χ0v) is 12.6. The van der Waals surface area contributed by atoms with Crippen molar-refractivity contribution in [2.75, 3.05) is 40.3 Å². The van der Waals surface area contributed by atoms with Crippen molar-refractivity contribution in [1.29, 1.82) is 0 Å². The standard InChI is InChI=1S/C15H22N4O2/c1-16-15(21)13-10-18(2)6-7-19(11-13)14(20)8-12-4-3-5-17-9-12/h3-5,9,13H,6-8,10-11H2,1-2H3,(H,16,21). The molecule has 0 aliphatic carbocycles. The average Bonchev–Trinajstić information content (AvgIpc) is 2.69. The Morgan fingerprint density at radius 2 is 2.19 bits per heavy atom. The van der Waals surface area contributed by atoms with Gasteiger partial charge in [0.1, 0.15) is 0 Å². The first-order valence-electron chi connectivity index (χ1n) is 7.17. The fourth-order valence-corrected chi connectivity index (χ4v) is 2.56. The average molecular weight is 290 g/mol. The van der Waals surface area contributed by atoms with Gasteiger partial charge in [-0.05, 0) is 18.7 Å². The molecule has 1 aromatic heterocycles. The molecule has 1 atom stereocenters. The molecular weight excluding hydrogens is 268 g/mol. The molecule has 1 aliphatic heterocycles. The van der Waals surface area contributed by atoms with Crippen LogP contribution in [0.15, 0.2) is 24.5 Å². The van der Waals surface area contributed by atoms with E-state index in [2.05, 4.69) is 15.2 Å². The molecule has 1 unspecified atom stereocenters. The van der Waals surface area contributed by atoms with Crippen LogP contribution in [0.5, 0.6) is 0 Å². The van der Waals surface area contributed by atoms with Gasteiger partial charge >= 0.3 is 0 Å². The predicted molar refractivity (Wildman–Crippen MR) is 79.6 cm³/mol. The van der Waals surface area contributed by atoms with Crippen LogP contribution in [0.2, 0.25) is 0 Å². The maximum absolute atomic E-state index is 12.4. The van der Waals surface area contributed by atoms with E-state index >= 15 is 0 Å². The van der Waals surface area contributed by atoms with Crippen molar-refractivity contribution >= 4 is 11.8 Å². The van der Waals surface area contributed by atoms with E-state index < -0.39 is 0 Å². The first kappa shape index (κ1) is 15.4. The van der Waals surface area contributed by atoms with Crippen LogP contribution >= 0.6 is 0 Å². The lowest BCUT2D eigenvalue weighted by Gasteiger charge is -2.23. The van der Waals surface area contributed by atoms with Gasteiger partial charge in [0, 0.05) is 45.6 Å². The second-order valence-electron chi connectivity index (χ2n) is 5.45. The Bertz CT molecular complexity index is 492. The number of carbonyl (C=O) groups excluding carboxylic acids is 2. The van der Waals surface area contributed by atoms with E-state index in [-0.39, 0.29) is 17.7 Å². The Hall–Kier alpha value is -1.95. The highest BCUT2D eigenvalue weighted by Crippen LogP contribution is 2.11. The van der Waals surface area contributed by atoms with Crippen LogP contribution < -0.4 is 5.32 Å². The van der Waals surface area contributed by atoms with Crippen molar-refractivity contribution < 1.29 is 9.59 Å². The zero-order valence-electron chi connectivity index (χ0n) is 12.6. The van der Waals surface area contributed by atoms with Gasteiger partial charge in [-0.1, -0.05) is 6.07 Å². The summed E-state index contributed by atoms with van der Waals surface area (Å²) in [6, 6.07) is 3.72. The Labute approximate surface area is 125 Å². The minimum Gasteiger partial charge on any atom is -0.359 e. The summed E-state index contributed by atoms with van der Waals surface area (Å²) in [4.78, 5) is 32.2. The summed E-state index contributed by atoms with van der Waals surface area (Å²) in [5.41, 5.74) is 0.900. The van der Waals surface area contributed by atoms with Crippen molar-refractivity contribution in [3.63, 3.8) is 0 Å². The Morgan fingerprint density at radius 3 is 2.86 bits per heavy atom. The molecule has 1 fully saturated rings. The van der Waals surface area contributed by atoms with Crippen molar-refractivity contribution in [3.05, 3.63) is 30.1 Å². The van der Waals surface area contributed by atoms with Gasteiger partial charge in [-0.2, -0.15) is 0 Å². The van der Waals surface area contributed by atoms with E-state index in [0.717, 1.165) is 12.1 Å². The molecule has 1 aliphatic rings. The molecule has 6 nitrogen and oxygen atoms in total. The highest BCUT2D eigenvalue weighted by Gasteiger charge is 2.28. The van der Waals surface area contributed by atoms with Crippen LogP contribution in [-0.2, 0) is 16.0 Å². The quantitative estimate of drug-likeness (QED) is 0.834. The summed E-state index contributed by atoms with van der Waals surface area (Å²) in [5, 5.41) is 2.68. The summed E-state index contributed by atoms with van der Waals surface area (Å²) in [6.07, 6.45) is 3.73. The van der Waals surface area contributed by atoms with Gasteiger partial charge in [0.2, 0.25) is 11.8 Å². The third-order valence-corrected chi connectivity index (χ3v) is 3.77. The van der Waals surface area contributed by atoms with E-state index in [9.17, 15) is 9.59 Å². The third kappa shape index (κ3) is 4.26. The Kier molecular flexibility index (Phi) is 5.27. The topological polar surface area (TPSA) is 65.5 Å². The maximum Gasteiger partial charge on any atom is 0.227 e. The van der Waals surface area contributed by atoms with Crippen molar-refractivity contribution in [2.45, 2.75) is 6.42 Å². The highest BCUT2D eigenvalue weighted by atomic mass is 16.2. The molecule has 21 heavy (non-hydrogen) atoms. The fourth-order valence-electron chi connectivity index (χ4n) is 2.56. The lowest BCUT2D eigenvalue weighted by atomic mass is 10.1. The van der Waals surface area contributed by atoms with Gasteiger partial charge in [-0.15, -0.1) is 0 Å². The van der Waals surface area contributed by atoms with Gasteiger partial charge in [-0.25, -0.2) is 0 Å². The molecular formula is C15H22N4O2. The number of nitrogens with zero attached hydrogens (tertiary/aromatic N) is 3. The molecule has 0 bridgehead atoms. The lowest BCUT2D eigenvalue weighted by molar-refractivity contribution is -0.132. The summed E-state index contributed by atoms with van der Waals surface area (Å²) in [5.74, 6) is -0.143. The van der Waals surface area contributed by atoms with E-state index in [0.29, 0.717) is 26.1 Å². The number of pyridine rings is 1. The number of hydrogen-bond donors (Lipinski definition) is 1. The monoisotopic (exact) mass is 290 g/mol. The van der Waals surface area contributed by atoms with Crippen LogP contribution in [0.1, 0.15) is 5.56 Å². The van der Waals surface area contributed by atoms with Gasteiger partial charge in [0.15, 0.2) is 0 Å². The fraction of sp³-hybridized carbons (Fsp3) is 0.533. The number of aromatic nitrogens is 1. The number of carbonyl (C=O) groups is 2. The smallest absolute Gasteiger partial charge is 0.227 e. The minimum atomic E-state index is -0.180. The summed E-state index contributed by atoms with van der Waals surface area (Å²) < 4.78 is 0. The van der Waals surface area contributed by atoms with E-state index in [1.54, 1.807) is 24.3 Å². The summed E-state index contributed by atoms with van der Waals surface area (Å²) in [6.45, 7) is 2.59. The first-order chi connectivity index (χ1) is 10.1. The van der Waals surface area contributed by atoms with Crippen LogP contribution in [0.3, 0.4) is 0 Å². The van der Waals surface area contributed by atoms with E-state index in [1.807, 2.05) is 19.2 Å². The molecule has 2 rings (SSSR count). The highest BCUT2D eigenvalue weighted by molar-refractivity contribution is 5.82. The predicted octanol–water partition coefficient (Wildman–Crippen LogP) is -0.240. The maximum atomic E-state index is 12.4. The first-order valence-corrected chi connectivity index (χ1v) is 7.17. The van der Waals surface area contributed by atoms with Gasteiger partial charge in [0.05, 0.1) is 12.3 Å². The van der Waals surface area contributed by atoms with Crippen LogP contribution in [0, 0.1) is 5.92 Å². The molecule has 0 aromatic carbocycles. The number of amides is 2. The summed E-state index contributed by atoms with van der Waals surface area (Å²) >= 11 is 0. The lowest BCUT2D eigenvalue weighted by Crippen LogP contribution is -2.41. The molecule has 2 amide bonds. The van der Waals surface area contributed by atoms with E-state index in [4.69, 9.17) is 0 Å². The molecule has 0 radical (unpaired) electrons. The van der Waals surface area contributed by atoms with E-state index in [1.165, 1.54) is 0 Å². The third-order valence-electron chi connectivity index (χ3n) is 3.77. The van der Waals surface area contributed by atoms with Gasteiger partial charge in [0.25, 0.3) is 0 Å². The largest absolute Gasteiger partial charge is 0.359 e. The molecule has 114 valence electrons. The second kappa shape index (κ2) is 7.17. The molecule has 0 saturated carbocycles. The minimum absolute atomic E-state index is 0.0112. The molecule has 6 heteroatoms. The molecule has 0 spiro atoms.